The van der Waals surface area contributed by atoms with Crippen LogP contribution >= 0.6 is 0 Å². The van der Waals surface area contributed by atoms with Gasteiger partial charge in [-0.1, -0.05) is 0 Å². The van der Waals surface area contributed by atoms with Crippen LogP contribution in [0.3, 0.4) is 0 Å². The van der Waals surface area contributed by atoms with E-state index in [4.69, 9.17) is 19.3 Å². The maximum Gasteiger partial charge on any atom is 0.303 e. The lowest BCUT2D eigenvalue weighted by molar-refractivity contribution is -0.170. The third-order valence-electron chi connectivity index (χ3n) is 2.94. The second kappa shape index (κ2) is 3.43. The number of aliphatic carboxylic acids is 1. The van der Waals surface area contributed by atoms with Gasteiger partial charge >= 0.3 is 5.97 Å². The van der Waals surface area contributed by atoms with Crippen LogP contribution in [0.1, 0.15) is 20.3 Å². The zero-order valence-electron chi connectivity index (χ0n) is 8.99. The molecule has 0 aromatic heterocycles. The second-order valence-corrected chi connectivity index (χ2v) is 4.67. The van der Waals surface area contributed by atoms with Gasteiger partial charge < -0.3 is 19.3 Å². The zero-order valence-corrected chi connectivity index (χ0v) is 8.99. The first-order chi connectivity index (χ1) is 6.94. The fraction of sp³-hybridized carbons (Fsp3) is 0.900. The fourth-order valence-corrected chi connectivity index (χ4v) is 2.22. The van der Waals surface area contributed by atoms with Crippen molar-refractivity contribution in [3.05, 3.63) is 0 Å². The van der Waals surface area contributed by atoms with Gasteiger partial charge in [0.2, 0.25) is 0 Å². The lowest BCUT2D eigenvalue weighted by Gasteiger charge is -2.28. The Hall–Kier alpha value is -0.650. The maximum absolute atomic E-state index is 10.7. The Balaban J connectivity index is 2.10. The van der Waals surface area contributed by atoms with Crippen molar-refractivity contribution in [2.75, 3.05) is 19.8 Å². The van der Waals surface area contributed by atoms with Gasteiger partial charge in [0, 0.05) is 5.92 Å². The van der Waals surface area contributed by atoms with Crippen molar-refractivity contribution in [3.8, 4) is 0 Å². The highest BCUT2D eigenvalue weighted by atomic mass is 16.8. The Kier molecular flexibility index (Phi) is 2.48. The molecule has 0 radical (unpaired) electrons. The van der Waals surface area contributed by atoms with E-state index in [0.29, 0.717) is 19.8 Å². The SMILES string of the molecule is CC1(C)OCC2(COCC2CC(=O)O)O1. The second-order valence-electron chi connectivity index (χ2n) is 4.67. The molecule has 5 nitrogen and oxygen atoms in total. The molecule has 2 unspecified atom stereocenters. The van der Waals surface area contributed by atoms with Gasteiger partial charge in [-0.2, -0.15) is 0 Å². The molecule has 2 heterocycles. The molecule has 1 N–H and O–H groups in total. The minimum Gasteiger partial charge on any atom is -0.481 e. The zero-order chi connectivity index (χ0) is 11.1. The van der Waals surface area contributed by atoms with Gasteiger partial charge in [-0.15, -0.1) is 0 Å². The summed E-state index contributed by atoms with van der Waals surface area (Å²) in [5.41, 5.74) is -0.554. The lowest BCUT2D eigenvalue weighted by Crippen LogP contribution is -2.42. The summed E-state index contributed by atoms with van der Waals surface area (Å²) in [6, 6.07) is 0. The molecular formula is C10H16O5. The minimum absolute atomic E-state index is 0.0689. The van der Waals surface area contributed by atoms with E-state index < -0.39 is 17.4 Å². The number of ether oxygens (including phenoxy) is 3. The molecule has 5 heteroatoms. The largest absolute Gasteiger partial charge is 0.481 e. The summed E-state index contributed by atoms with van der Waals surface area (Å²) in [5, 5.41) is 8.80. The van der Waals surface area contributed by atoms with Crippen LogP contribution in [0.15, 0.2) is 0 Å². The third-order valence-corrected chi connectivity index (χ3v) is 2.94. The maximum atomic E-state index is 10.7. The first-order valence-corrected chi connectivity index (χ1v) is 5.07. The monoisotopic (exact) mass is 216 g/mol. The van der Waals surface area contributed by atoms with E-state index in [1.54, 1.807) is 0 Å². The molecule has 0 aliphatic carbocycles. The summed E-state index contributed by atoms with van der Waals surface area (Å²) in [4.78, 5) is 10.7. The summed E-state index contributed by atoms with van der Waals surface area (Å²) < 4.78 is 16.6. The predicted molar refractivity (Wildman–Crippen MR) is 50.4 cm³/mol. The van der Waals surface area contributed by atoms with Crippen molar-refractivity contribution < 1.29 is 24.1 Å². The quantitative estimate of drug-likeness (QED) is 0.733. The number of carbonyl (C=O) groups is 1. The van der Waals surface area contributed by atoms with Crippen LogP contribution in [-0.2, 0) is 19.0 Å². The Morgan fingerprint density at radius 3 is 2.73 bits per heavy atom. The molecule has 0 amide bonds. The van der Waals surface area contributed by atoms with E-state index in [9.17, 15) is 4.79 Å². The highest BCUT2D eigenvalue weighted by Crippen LogP contribution is 2.41. The normalized spacial score (nSPS) is 38.7. The summed E-state index contributed by atoms with van der Waals surface area (Å²) >= 11 is 0. The summed E-state index contributed by atoms with van der Waals surface area (Å²) in [6.45, 7) is 4.94. The van der Waals surface area contributed by atoms with Crippen LogP contribution in [0.5, 0.6) is 0 Å². The molecule has 2 aliphatic rings. The van der Waals surface area contributed by atoms with Crippen molar-refractivity contribution in [3.63, 3.8) is 0 Å². The van der Waals surface area contributed by atoms with Gasteiger partial charge in [-0.05, 0) is 13.8 Å². The van der Waals surface area contributed by atoms with Gasteiger partial charge in [-0.25, -0.2) is 0 Å². The van der Waals surface area contributed by atoms with Gasteiger partial charge in [0.1, 0.15) is 5.60 Å². The van der Waals surface area contributed by atoms with Crippen LogP contribution in [0.4, 0.5) is 0 Å². The first-order valence-electron chi connectivity index (χ1n) is 5.07. The van der Waals surface area contributed by atoms with Crippen LogP contribution in [0.2, 0.25) is 0 Å². The van der Waals surface area contributed by atoms with E-state index in [-0.39, 0.29) is 12.3 Å². The van der Waals surface area contributed by atoms with Crippen LogP contribution in [0.25, 0.3) is 0 Å². The Morgan fingerprint density at radius 1 is 1.47 bits per heavy atom. The standard InChI is InChI=1S/C10H16O5/c1-9(2)14-6-10(15-9)5-13-4-7(10)3-8(11)12/h7H,3-6H2,1-2H3,(H,11,12). The van der Waals surface area contributed by atoms with Gasteiger partial charge in [-0.3, -0.25) is 4.79 Å². The molecule has 0 aromatic carbocycles. The van der Waals surface area contributed by atoms with Crippen LogP contribution < -0.4 is 0 Å². The molecule has 0 saturated carbocycles. The van der Waals surface area contributed by atoms with Crippen LogP contribution in [-0.4, -0.2) is 42.3 Å². The van der Waals surface area contributed by atoms with Crippen molar-refractivity contribution >= 4 is 5.97 Å². The molecule has 0 aromatic rings. The molecule has 2 saturated heterocycles. The van der Waals surface area contributed by atoms with Gasteiger partial charge in [0.15, 0.2) is 5.79 Å². The first kappa shape index (κ1) is 10.9. The van der Waals surface area contributed by atoms with Crippen molar-refractivity contribution in [2.24, 2.45) is 5.92 Å². The summed E-state index contributed by atoms with van der Waals surface area (Å²) in [7, 11) is 0. The number of carboxylic acid groups (broad SMARTS) is 1. The van der Waals surface area contributed by atoms with E-state index >= 15 is 0 Å². The smallest absolute Gasteiger partial charge is 0.303 e. The molecule has 2 atom stereocenters. The molecule has 15 heavy (non-hydrogen) atoms. The highest BCUT2D eigenvalue weighted by molar-refractivity contribution is 5.67. The lowest BCUT2D eigenvalue weighted by atomic mass is 9.89. The minimum atomic E-state index is -0.821. The van der Waals surface area contributed by atoms with Gasteiger partial charge in [0.05, 0.1) is 26.2 Å². The molecule has 1 spiro atoms. The Bertz CT molecular complexity index is 275. The van der Waals surface area contributed by atoms with Crippen LogP contribution in [0, 0.1) is 5.92 Å². The van der Waals surface area contributed by atoms with Crippen molar-refractivity contribution in [2.45, 2.75) is 31.7 Å². The average Bonchev–Trinajstić information content (AvgIpc) is 2.58. The molecule has 2 rings (SSSR count). The number of rotatable bonds is 2. The summed E-state index contributed by atoms with van der Waals surface area (Å²) in [6.07, 6.45) is 0.0689. The van der Waals surface area contributed by atoms with Crippen molar-refractivity contribution in [1.29, 1.82) is 0 Å². The highest BCUT2D eigenvalue weighted by Gasteiger charge is 2.54. The van der Waals surface area contributed by atoms with E-state index in [1.807, 2.05) is 13.8 Å². The molecule has 2 aliphatic heterocycles. The van der Waals surface area contributed by atoms with Gasteiger partial charge in [0.25, 0.3) is 0 Å². The van der Waals surface area contributed by atoms with E-state index in [0.717, 1.165) is 0 Å². The van der Waals surface area contributed by atoms with E-state index in [2.05, 4.69) is 0 Å². The summed E-state index contributed by atoms with van der Waals surface area (Å²) in [5.74, 6) is -1.57. The topological polar surface area (TPSA) is 65.0 Å². The molecular weight excluding hydrogens is 200 g/mol. The Morgan fingerprint density at radius 2 is 2.20 bits per heavy atom. The van der Waals surface area contributed by atoms with Crippen molar-refractivity contribution in [1.82, 2.24) is 0 Å². The Labute approximate surface area is 88.3 Å². The molecule has 0 bridgehead atoms. The predicted octanol–water partition coefficient (Wildman–Crippen LogP) is 0.629. The average molecular weight is 216 g/mol. The molecule has 86 valence electrons. The molecule has 2 fully saturated rings. The number of hydrogen-bond acceptors (Lipinski definition) is 4. The number of carboxylic acids is 1. The van der Waals surface area contributed by atoms with E-state index in [1.165, 1.54) is 0 Å². The number of hydrogen-bond donors (Lipinski definition) is 1. The third kappa shape index (κ3) is 2.00. The fourth-order valence-electron chi connectivity index (χ4n) is 2.22.